The number of amides is 1. The van der Waals surface area contributed by atoms with Gasteiger partial charge < -0.3 is 11.1 Å². The highest BCUT2D eigenvalue weighted by molar-refractivity contribution is 7.89. The molecular weight excluding hydrogens is 338 g/mol. The van der Waals surface area contributed by atoms with Crippen LogP contribution in [-0.2, 0) is 10.0 Å². The topological polar surface area (TPSA) is 92.5 Å². The van der Waals surface area contributed by atoms with Crippen LogP contribution in [0.2, 0.25) is 0 Å². The van der Waals surface area contributed by atoms with Crippen molar-refractivity contribution in [2.75, 3.05) is 19.6 Å². The monoisotopic (exact) mass is 363 g/mol. The molecule has 0 aliphatic carbocycles. The average Bonchev–Trinajstić information content (AvgIpc) is 2.45. The molecule has 0 saturated heterocycles. The van der Waals surface area contributed by atoms with E-state index in [-0.39, 0.29) is 23.2 Å². The Kier molecular flexibility index (Phi) is 8.20. The summed E-state index contributed by atoms with van der Waals surface area (Å²) in [5.74, 6) is -0.273. The third kappa shape index (κ3) is 6.10. The van der Waals surface area contributed by atoms with Crippen molar-refractivity contribution in [3.63, 3.8) is 0 Å². The minimum atomic E-state index is -3.50. The zero-order valence-corrected chi connectivity index (χ0v) is 15.6. The average molecular weight is 364 g/mol. The van der Waals surface area contributed by atoms with Crippen molar-refractivity contribution in [3.05, 3.63) is 29.8 Å². The number of nitrogens with zero attached hydrogens (tertiary/aromatic N) is 1. The number of rotatable bonds is 7. The van der Waals surface area contributed by atoms with Gasteiger partial charge in [-0.1, -0.05) is 13.8 Å². The molecular formula is C15H26ClN3O3S. The summed E-state index contributed by atoms with van der Waals surface area (Å²) < 4.78 is 26.1. The van der Waals surface area contributed by atoms with E-state index in [4.69, 9.17) is 5.73 Å². The zero-order valence-electron chi connectivity index (χ0n) is 14.0. The molecule has 0 bridgehead atoms. The summed E-state index contributed by atoms with van der Waals surface area (Å²) in [6, 6.07) is 5.93. The fourth-order valence-corrected chi connectivity index (χ4v) is 3.36. The number of sulfonamides is 1. The van der Waals surface area contributed by atoms with Crippen molar-refractivity contribution < 1.29 is 13.2 Å². The van der Waals surface area contributed by atoms with E-state index in [2.05, 4.69) is 5.32 Å². The van der Waals surface area contributed by atoms with Gasteiger partial charge in [0.1, 0.15) is 0 Å². The van der Waals surface area contributed by atoms with Gasteiger partial charge in [-0.25, -0.2) is 8.42 Å². The first-order valence-corrected chi connectivity index (χ1v) is 8.73. The molecule has 23 heavy (non-hydrogen) atoms. The Morgan fingerprint density at radius 2 is 1.65 bits per heavy atom. The Morgan fingerprint density at radius 1 is 1.17 bits per heavy atom. The Labute approximate surface area is 144 Å². The summed E-state index contributed by atoms with van der Waals surface area (Å²) in [4.78, 5) is 12.2. The van der Waals surface area contributed by atoms with E-state index in [1.165, 1.54) is 28.6 Å². The maximum Gasteiger partial charge on any atom is 0.251 e. The molecule has 0 radical (unpaired) electrons. The normalized spacial score (nSPS) is 11.9. The maximum absolute atomic E-state index is 12.3. The van der Waals surface area contributed by atoms with Gasteiger partial charge in [-0.15, -0.1) is 12.4 Å². The fourth-order valence-electron chi connectivity index (χ4n) is 1.90. The van der Waals surface area contributed by atoms with Crippen LogP contribution in [0.3, 0.4) is 0 Å². The lowest BCUT2D eigenvalue weighted by molar-refractivity contribution is 0.0946. The molecule has 132 valence electrons. The number of nitrogens with one attached hydrogen (secondary N) is 1. The van der Waals surface area contributed by atoms with E-state index >= 15 is 0 Å². The van der Waals surface area contributed by atoms with Crippen molar-refractivity contribution in [2.24, 2.45) is 5.73 Å². The Bertz CT molecular complexity index is 606. The van der Waals surface area contributed by atoms with Gasteiger partial charge in [0, 0.05) is 30.7 Å². The summed E-state index contributed by atoms with van der Waals surface area (Å²) in [6.45, 7) is 8.36. The van der Waals surface area contributed by atoms with Crippen LogP contribution in [-0.4, -0.2) is 43.8 Å². The number of carbonyl (C=O) groups is 1. The largest absolute Gasteiger partial charge is 0.350 e. The van der Waals surface area contributed by atoms with Crippen molar-refractivity contribution in [1.82, 2.24) is 9.62 Å². The van der Waals surface area contributed by atoms with Crippen molar-refractivity contribution in [3.8, 4) is 0 Å². The van der Waals surface area contributed by atoms with Crippen LogP contribution in [0.15, 0.2) is 29.2 Å². The highest BCUT2D eigenvalue weighted by Crippen LogP contribution is 2.16. The highest BCUT2D eigenvalue weighted by Gasteiger charge is 2.21. The fraction of sp³-hybridized carbons (Fsp3) is 0.533. The van der Waals surface area contributed by atoms with Crippen LogP contribution in [0.4, 0.5) is 0 Å². The second-order valence-corrected chi connectivity index (χ2v) is 7.72. The molecule has 0 fully saturated rings. The predicted octanol–water partition coefficient (Wildman–Crippen LogP) is 1.61. The number of hydrogen-bond donors (Lipinski definition) is 2. The second-order valence-electron chi connectivity index (χ2n) is 5.78. The molecule has 0 aromatic heterocycles. The summed E-state index contributed by atoms with van der Waals surface area (Å²) in [5, 5.41) is 2.72. The summed E-state index contributed by atoms with van der Waals surface area (Å²) in [7, 11) is -3.50. The number of halogens is 1. The predicted molar refractivity (Wildman–Crippen MR) is 94.4 cm³/mol. The van der Waals surface area contributed by atoms with E-state index in [1.807, 2.05) is 13.8 Å². The number of benzene rings is 1. The van der Waals surface area contributed by atoms with Gasteiger partial charge >= 0.3 is 0 Å². The van der Waals surface area contributed by atoms with Gasteiger partial charge in [0.2, 0.25) is 10.0 Å². The van der Waals surface area contributed by atoms with Gasteiger partial charge in [-0.05, 0) is 38.1 Å². The molecule has 0 unspecified atom stereocenters. The number of nitrogens with two attached hydrogens (primary N) is 1. The van der Waals surface area contributed by atoms with Crippen LogP contribution in [0.1, 0.15) is 38.1 Å². The minimum Gasteiger partial charge on any atom is -0.350 e. The zero-order chi connectivity index (χ0) is 17.0. The van der Waals surface area contributed by atoms with Crippen molar-refractivity contribution in [1.29, 1.82) is 0 Å². The summed E-state index contributed by atoms with van der Waals surface area (Å²) in [5.41, 5.74) is 5.71. The molecule has 0 atom stereocenters. The molecule has 8 heteroatoms. The van der Waals surface area contributed by atoms with Crippen LogP contribution >= 0.6 is 12.4 Å². The molecule has 1 rings (SSSR count). The molecule has 0 aliphatic rings. The van der Waals surface area contributed by atoms with E-state index in [9.17, 15) is 13.2 Å². The number of hydrogen-bond acceptors (Lipinski definition) is 4. The molecule has 0 spiro atoms. The molecule has 0 heterocycles. The first-order valence-electron chi connectivity index (χ1n) is 7.29. The first-order chi connectivity index (χ1) is 10.1. The third-order valence-corrected chi connectivity index (χ3v) is 5.23. The van der Waals surface area contributed by atoms with E-state index in [0.29, 0.717) is 25.2 Å². The first kappa shape index (κ1) is 21.9. The van der Waals surface area contributed by atoms with Gasteiger partial charge in [-0.3, -0.25) is 4.79 Å². The quantitative estimate of drug-likeness (QED) is 0.769. The number of carbonyl (C=O) groups excluding carboxylic acids is 1. The lowest BCUT2D eigenvalue weighted by Crippen LogP contribution is -2.45. The van der Waals surface area contributed by atoms with Crippen molar-refractivity contribution >= 4 is 28.3 Å². The molecule has 1 amide bonds. The van der Waals surface area contributed by atoms with Gasteiger partial charge in [0.25, 0.3) is 5.91 Å². The van der Waals surface area contributed by atoms with E-state index < -0.39 is 15.6 Å². The third-order valence-electron chi connectivity index (χ3n) is 3.16. The van der Waals surface area contributed by atoms with Crippen LogP contribution < -0.4 is 11.1 Å². The molecule has 3 N–H and O–H groups in total. The summed E-state index contributed by atoms with van der Waals surface area (Å²) >= 11 is 0. The maximum atomic E-state index is 12.3. The van der Waals surface area contributed by atoms with Crippen LogP contribution in [0.25, 0.3) is 0 Å². The van der Waals surface area contributed by atoms with Crippen LogP contribution in [0, 0.1) is 0 Å². The van der Waals surface area contributed by atoms with Gasteiger partial charge in [-0.2, -0.15) is 4.31 Å². The Morgan fingerprint density at radius 3 is 2.04 bits per heavy atom. The SMILES string of the molecule is CCN(CC)S(=O)(=O)c1ccc(C(=O)NCC(C)(C)N)cc1.Cl. The lowest BCUT2D eigenvalue weighted by atomic mass is 10.1. The van der Waals surface area contributed by atoms with Crippen molar-refractivity contribution in [2.45, 2.75) is 38.1 Å². The minimum absolute atomic E-state index is 0. The smallest absolute Gasteiger partial charge is 0.251 e. The second kappa shape index (κ2) is 8.63. The van der Waals surface area contributed by atoms with Crippen LogP contribution in [0.5, 0.6) is 0 Å². The molecule has 0 saturated carbocycles. The summed E-state index contributed by atoms with van der Waals surface area (Å²) in [6.07, 6.45) is 0. The molecule has 6 nitrogen and oxygen atoms in total. The van der Waals surface area contributed by atoms with Gasteiger partial charge in [0.05, 0.1) is 4.90 Å². The molecule has 1 aromatic rings. The Hall–Kier alpha value is -1.15. The lowest BCUT2D eigenvalue weighted by Gasteiger charge is -2.19. The standard InChI is InChI=1S/C15H25N3O3S.ClH/c1-5-18(6-2)22(20,21)13-9-7-12(8-10-13)14(19)17-11-15(3,4)16;/h7-10H,5-6,11,16H2,1-4H3,(H,17,19);1H. The van der Waals surface area contributed by atoms with E-state index in [1.54, 1.807) is 13.8 Å². The van der Waals surface area contributed by atoms with Gasteiger partial charge in [0.15, 0.2) is 0 Å². The van der Waals surface area contributed by atoms with E-state index in [0.717, 1.165) is 0 Å². The Balaban J connectivity index is 0.00000484. The highest BCUT2D eigenvalue weighted by atomic mass is 35.5. The molecule has 1 aromatic carbocycles. The molecule has 0 aliphatic heterocycles.